The summed E-state index contributed by atoms with van der Waals surface area (Å²) >= 11 is 7.52. The fraction of sp³-hybridized carbons (Fsp3) is 0.200. The number of hydrazine groups is 1. The number of hydrogen-bond donors (Lipinski definition) is 2. The summed E-state index contributed by atoms with van der Waals surface area (Å²) in [6.45, 7) is 0. The molecule has 0 saturated carbocycles. The molecule has 2 N–H and O–H groups in total. The van der Waals surface area contributed by atoms with E-state index >= 15 is 0 Å². The van der Waals surface area contributed by atoms with Crippen molar-refractivity contribution < 1.29 is 8.42 Å². The van der Waals surface area contributed by atoms with E-state index in [2.05, 4.69) is 10.9 Å². The molecule has 1 aromatic carbocycles. The predicted molar refractivity (Wildman–Crippen MR) is 91.4 cm³/mol. The number of sulfone groups is 1. The molecule has 1 aliphatic heterocycles. The van der Waals surface area contributed by atoms with Crippen molar-refractivity contribution in [3.63, 3.8) is 0 Å². The standard InChI is InChI=1S/C15H15ClN2O2S2/c1-22(19,20)9-12-14(10-4-6-11(16)7-5-10)17-18-15(12)13-3-2-8-21-13/h2-8,15,17-18H,9H2,1H3. The van der Waals surface area contributed by atoms with E-state index in [1.165, 1.54) is 6.26 Å². The van der Waals surface area contributed by atoms with Crippen LogP contribution in [0.5, 0.6) is 0 Å². The summed E-state index contributed by atoms with van der Waals surface area (Å²) in [5.74, 6) is 0.00747. The summed E-state index contributed by atoms with van der Waals surface area (Å²) in [4.78, 5) is 1.08. The highest BCUT2D eigenvalue weighted by atomic mass is 35.5. The number of halogens is 1. The second-order valence-corrected chi connectivity index (χ2v) is 8.75. The average molecular weight is 355 g/mol. The third-order valence-corrected chi connectivity index (χ3v) is 5.41. The van der Waals surface area contributed by atoms with Crippen molar-refractivity contribution in [3.8, 4) is 0 Å². The first kappa shape index (κ1) is 15.6. The zero-order chi connectivity index (χ0) is 15.7. The quantitative estimate of drug-likeness (QED) is 0.886. The van der Waals surface area contributed by atoms with Gasteiger partial charge in [-0.05, 0) is 34.7 Å². The van der Waals surface area contributed by atoms with E-state index in [9.17, 15) is 8.42 Å². The molecular formula is C15H15ClN2O2S2. The van der Waals surface area contributed by atoms with E-state index in [-0.39, 0.29) is 11.8 Å². The van der Waals surface area contributed by atoms with Gasteiger partial charge in [0.2, 0.25) is 0 Å². The van der Waals surface area contributed by atoms with Crippen molar-refractivity contribution in [2.75, 3.05) is 12.0 Å². The molecule has 0 amide bonds. The zero-order valence-electron chi connectivity index (χ0n) is 11.8. The molecule has 0 aliphatic carbocycles. The first-order valence-corrected chi connectivity index (χ1v) is 9.97. The van der Waals surface area contributed by atoms with Crippen LogP contribution in [-0.4, -0.2) is 20.4 Å². The fourth-order valence-corrected chi connectivity index (χ4v) is 4.28. The van der Waals surface area contributed by atoms with Crippen molar-refractivity contribution in [3.05, 3.63) is 62.8 Å². The Morgan fingerprint density at radius 1 is 1.23 bits per heavy atom. The zero-order valence-corrected chi connectivity index (χ0v) is 14.2. The second-order valence-electron chi connectivity index (χ2n) is 5.19. The lowest BCUT2D eigenvalue weighted by molar-refractivity contribution is 0.592. The smallest absolute Gasteiger partial charge is 0.151 e. The molecular weight excluding hydrogens is 340 g/mol. The van der Waals surface area contributed by atoms with Gasteiger partial charge in [-0.1, -0.05) is 29.8 Å². The van der Waals surface area contributed by atoms with Gasteiger partial charge in [0.15, 0.2) is 9.84 Å². The average Bonchev–Trinajstić information content (AvgIpc) is 3.07. The maximum Gasteiger partial charge on any atom is 0.151 e. The van der Waals surface area contributed by atoms with Gasteiger partial charge < -0.3 is 5.43 Å². The minimum absolute atomic E-state index is 0.00747. The lowest BCUT2D eigenvalue weighted by Gasteiger charge is -2.12. The van der Waals surface area contributed by atoms with E-state index in [4.69, 9.17) is 11.6 Å². The molecule has 7 heteroatoms. The van der Waals surface area contributed by atoms with Crippen LogP contribution < -0.4 is 10.9 Å². The molecule has 22 heavy (non-hydrogen) atoms. The van der Waals surface area contributed by atoms with Crippen LogP contribution >= 0.6 is 22.9 Å². The van der Waals surface area contributed by atoms with Gasteiger partial charge in [0.25, 0.3) is 0 Å². The van der Waals surface area contributed by atoms with Crippen molar-refractivity contribution in [1.82, 2.24) is 10.9 Å². The summed E-state index contributed by atoms with van der Waals surface area (Å²) < 4.78 is 23.7. The molecule has 0 saturated heterocycles. The van der Waals surface area contributed by atoms with E-state index in [0.29, 0.717) is 5.02 Å². The Morgan fingerprint density at radius 2 is 1.95 bits per heavy atom. The maximum atomic E-state index is 11.8. The summed E-state index contributed by atoms with van der Waals surface area (Å²) in [5.41, 5.74) is 8.86. The molecule has 3 rings (SSSR count). The number of nitrogens with one attached hydrogen (secondary N) is 2. The van der Waals surface area contributed by atoms with Gasteiger partial charge >= 0.3 is 0 Å². The second kappa shape index (κ2) is 6.04. The van der Waals surface area contributed by atoms with Crippen LogP contribution in [0.15, 0.2) is 47.4 Å². The molecule has 1 aliphatic rings. The van der Waals surface area contributed by atoms with Gasteiger partial charge in [-0.15, -0.1) is 11.3 Å². The largest absolute Gasteiger partial charge is 0.320 e. The van der Waals surface area contributed by atoms with Crippen LogP contribution in [0.2, 0.25) is 5.02 Å². The molecule has 2 aromatic rings. The van der Waals surface area contributed by atoms with Gasteiger partial charge in [-0.3, -0.25) is 0 Å². The van der Waals surface area contributed by atoms with Crippen LogP contribution in [0.1, 0.15) is 16.5 Å². The van der Waals surface area contributed by atoms with Crippen molar-refractivity contribution in [2.24, 2.45) is 0 Å². The van der Waals surface area contributed by atoms with E-state index < -0.39 is 9.84 Å². The number of thiophene rings is 1. The third-order valence-electron chi connectivity index (χ3n) is 3.39. The fourth-order valence-electron chi connectivity index (χ4n) is 2.47. The minimum Gasteiger partial charge on any atom is -0.320 e. The monoisotopic (exact) mass is 354 g/mol. The Bertz CT molecular complexity index is 797. The summed E-state index contributed by atoms with van der Waals surface area (Å²) in [7, 11) is -3.14. The van der Waals surface area contributed by atoms with Gasteiger partial charge in [-0.25, -0.2) is 13.8 Å². The first-order valence-electron chi connectivity index (χ1n) is 6.66. The summed E-state index contributed by atoms with van der Waals surface area (Å²) in [6, 6.07) is 11.2. The molecule has 0 fully saturated rings. The molecule has 1 unspecified atom stereocenters. The van der Waals surface area contributed by atoms with E-state index in [1.807, 2.05) is 29.6 Å². The van der Waals surface area contributed by atoms with Crippen LogP contribution in [0, 0.1) is 0 Å². The summed E-state index contributed by atoms with van der Waals surface area (Å²) in [5, 5.41) is 2.63. The Balaban J connectivity index is 2.07. The minimum atomic E-state index is -3.14. The molecule has 0 radical (unpaired) electrons. The van der Waals surface area contributed by atoms with E-state index in [0.717, 1.165) is 21.7 Å². The molecule has 1 atom stereocenters. The summed E-state index contributed by atoms with van der Waals surface area (Å²) in [6.07, 6.45) is 1.25. The molecule has 116 valence electrons. The topological polar surface area (TPSA) is 58.2 Å². The molecule has 4 nitrogen and oxygen atoms in total. The van der Waals surface area contributed by atoms with Crippen molar-refractivity contribution in [2.45, 2.75) is 6.04 Å². The Morgan fingerprint density at radius 3 is 2.55 bits per heavy atom. The molecule has 1 aromatic heterocycles. The molecule has 0 bridgehead atoms. The predicted octanol–water partition coefficient (Wildman–Crippen LogP) is 3.01. The van der Waals surface area contributed by atoms with Gasteiger partial charge in [0.1, 0.15) is 0 Å². The van der Waals surface area contributed by atoms with Crippen molar-refractivity contribution in [1.29, 1.82) is 0 Å². The Hall–Kier alpha value is -1.34. The SMILES string of the molecule is CS(=O)(=O)CC1=C(c2ccc(Cl)cc2)NNC1c1cccs1. The lowest BCUT2D eigenvalue weighted by atomic mass is 10.0. The highest BCUT2D eigenvalue weighted by Crippen LogP contribution is 2.35. The molecule has 0 spiro atoms. The van der Waals surface area contributed by atoms with Crippen LogP contribution in [0.3, 0.4) is 0 Å². The van der Waals surface area contributed by atoms with Gasteiger partial charge in [0, 0.05) is 16.2 Å². The highest BCUT2D eigenvalue weighted by molar-refractivity contribution is 7.90. The van der Waals surface area contributed by atoms with Crippen LogP contribution in [0.25, 0.3) is 5.70 Å². The molecule has 2 heterocycles. The van der Waals surface area contributed by atoms with E-state index in [1.54, 1.807) is 23.5 Å². The normalized spacial score (nSPS) is 18.5. The van der Waals surface area contributed by atoms with Crippen LogP contribution in [0.4, 0.5) is 0 Å². The first-order chi connectivity index (χ1) is 10.4. The Labute approximate surface area is 138 Å². The maximum absolute atomic E-state index is 11.8. The van der Waals surface area contributed by atoms with Crippen molar-refractivity contribution >= 4 is 38.5 Å². The Kier molecular flexibility index (Phi) is 4.27. The third kappa shape index (κ3) is 3.35. The number of rotatable bonds is 4. The highest BCUT2D eigenvalue weighted by Gasteiger charge is 2.30. The van der Waals surface area contributed by atoms with Gasteiger partial charge in [0.05, 0.1) is 17.5 Å². The lowest BCUT2D eigenvalue weighted by Crippen LogP contribution is -2.26. The number of benzene rings is 1. The van der Waals surface area contributed by atoms with Crippen LogP contribution in [-0.2, 0) is 9.84 Å². The van der Waals surface area contributed by atoms with Gasteiger partial charge in [-0.2, -0.15) is 0 Å². The number of hydrogen-bond acceptors (Lipinski definition) is 5.